The number of nitrogens with one attached hydrogen (secondary N) is 1. The van der Waals surface area contributed by atoms with Gasteiger partial charge in [-0.1, -0.05) is 12.1 Å². The first kappa shape index (κ1) is 13.1. The van der Waals surface area contributed by atoms with Gasteiger partial charge in [-0.05, 0) is 25.3 Å². The highest BCUT2D eigenvalue weighted by atomic mass is 32.2. The molecule has 0 fully saturated rings. The highest BCUT2D eigenvalue weighted by Crippen LogP contribution is 2.16. The molecule has 0 unspecified atom stereocenters. The maximum absolute atomic E-state index is 9.25. The molecule has 0 saturated heterocycles. The van der Waals surface area contributed by atoms with Crippen LogP contribution in [0.5, 0.6) is 0 Å². The zero-order valence-electron chi connectivity index (χ0n) is 10.5. The smallest absolute Gasteiger partial charge is 0.145 e. The van der Waals surface area contributed by atoms with Crippen molar-refractivity contribution in [2.45, 2.75) is 18.2 Å². The minimum atomic E-state index is 0.139. The molecule has 1 aromatic carbocycles. The van der Waals surface area contributed by atoms with E-state index in [9.17, 15) is 5.11 Å². The number of fused-ring (bicyclic) bond motifs is 1. The molecule has 2 N–H and O–H groups in total. The van der Waals surface area contributed by atoms with E-state index in [1.54, 1.807) is 18.0 Å². The number of rotatable bonds is 5. The Labute approximate surface area is 111 Å². The molecule has 1 aromatic heterocycles. The molecule has 0 aliphatic rings. The summed E-state index contributed by atoms with van der Waals surface area (Å²) in [5, 5.41) is 12.7. The van der Waals surface area contributed by atoms with Gasteiger partial charge in [-0.15, -0.1) is 0 Å². The molecule has 2 atom stereocenters. The van der Waals surface area contributed by atoms with Crippen LogP contribution in [0, 0.1) is 0 Å². The molecular weight excluding hydrogens is 246 g/mol. The van der Waals surface area contributed by atoms with E-state index in [1.165, 1.54) is 0 Å². The third-order valence-electron chi connectivity index (χ3n) is 2.86. The lowest BCUT2D eigenvalue weighted by Gasteiger charge is -2.21. The molecule has 1 heterocycles. The van der Waals surface area contributed by atoms with Gasteiger partial charge in [0.05, 0.1) is 23.8 Å². The van der Waals surface area contributed by atoms with Gasteiger partial charge in [-0.25, -0.2) is 4.98 Å². The Morgan fingerprint density at radius 1 is 1.33 bits per heavy atom. The monoisotopic (exact) mass is 263 g/mol. The third kappa shape index (κ3) is 2.91. The van der Waals surface area contributed by atoms with Gasteiger partial charge in [0.25, 0.3) is 0 Å². The normalized spacial score (nSPS) is 14.4. The highest BCUT2D eigenvalue weighted by molar-refractivity contribution is 7.99. The summed E-state index contributed by atoms with van der Waals surface area (Å²) in [6, 6.07) is 7.91. The summed E-state index contributed by atoms with van der Waals surface area (Å²) in [4.78, 5) is 8.85. The van der Waals surface area contributed by atoms with Crippen molar-refractivity contribution >= 4 is 28.6 Å². The van der Waals surface area contributed by atoms with Crippen molar-refractivity contribution in [3.05, 3.63) is 30.5 Å². The van der Waals surface area contributed by atoms with E-state index in [0.29, 0.717) is 0 Å². The maximum atomic E-state index is 9.25. The van der Waals surface area contributed by atoms with Crippen LogP contribution < -0.4 is 5.32 Å². The molecule has 4 nitrogen and oxygen atoms in total. The van der Waals surface area contributed by atoms with Crippen molar-refractivity contribution in [2.24, 2.45) is 0 Å². The summed E-state index contributed by atoms with van der Waals surface area (Å²) < 4.78 is 0. The van der Waals surface area contributed by atoms with E-state index in [-0.39, 0.29) is 17.9 Å². The zero-order chi connectivity index (χ0) is 13.0. The first-order valence-corrected chi connectivity index (χ1v) is 7.15. The number of hydrogen-bond acceptors (Lipinski definition) is 5. The lowest BCUT2D eigenvalue weighted by atomic mass is 10.2. The molecule has 0 aliphatic heterocycles. The van der Waals surface area contributed by atoms with Crippen molar-refractivity contribution in [3.63, 3.8) is 0 Å². The zero-order valence-corrected chi connectivity index (χ0v) is 11.3. The summed E-state index contributed by atoms with van der Waals surface area (Å²) in [5.74, 6) is 0.744. The fourth-order valence-electron chi connectivity index (χ4n) is 1.79. The molecule has 5 heteroatoms. The summed E-state index contributed by atoms with van der Waals surface area (Å²) in [7, 11) is 0. The second kappa shape index (κ2) is 6.02. The molecule has 2 rings (SSSR count). The van der Waals surface area contributed by atoms with Crippen molar-refractivity contribution in [2.75, 3.05) is 18.2 Å². The van der Waals surface area contributed by atoms with E-state index in [0.717, 1.165) is 16.9 Å². The molecule has 18 heavy (non-hydrogen) atoms. The molecule has 0 radical (unpaired) electrons. The SMILES string of the molecule is CS[C@@H](CO)[C@@H](C)Nc1cnc2ccccc2n1. The Bertz CT molecular complexity index is 516. The second-order valence-electron chi connectivity index (χ2n) is 4.13. The van der Waals surface area contributed by atoms with Crippen LogP contribution in [0.3, 0.4) is 0 Å². The molecule has 0 aliphatic carbocycles. The van der Waals surface area contributed by atoms with Gasteiger partial charge < -0.3 is 10.4 Å². The second-order valence-corrected chi connectivity index (χ2v) is 5.21. The van der Waals surface area contributed by atoms with Crippen molar-refractivity contribution in [1.29, 1.82) is 0 Å². The summed E-state index contributed by atoms with van der Waals surface area (Å²) in [6.07, 6.45) is 3.72. The predicted octanol–water partition coefficient (Wildman–Crippen LogP) is 2.15. The minimum Gasteiger partial charge on any atom is -0.395 e. The number of benzene rings is 1. The van der Waals surface area contributed by atoms with Crippen LogP contribution in [-0.4, -0.2) is 39.2 Å². The molecule has 0 bridgehead atoms. The van der Waals surface area contributed by atoms with E-state index >= 15 is 0 Å². The Kier molecular flexibility index (Phi) is 4.38. The van der Waals surface area contributed by atoms with E-state index in [1.807, 2.05) is 37.4 Å². The maximum Gasteiger partial charge on any atom is 0.145 e. The lowest BCUT2D eigenvalue weighted by Crippen LogP contribution is -2.31. The van der Waals surface area contributed by atoms with Crippen LogP contribution in [0.4, 0.5) is 5.82 Å². The molecule has 0 saturated carbocycles. The Morgan fingerprint density at radius 3 is 2.72 bits per heavy atom. The number of anilines is 1. The first-order valence-electron chi connectivity index (χ1n) is 5.86. The topological polar surface area (TPSA) is 58.0 Å². The van der Waals surface area contributed by atoms with E-state index in [4.69, 9.17) is 0 Å². The number of thioether (sulfide) groups is 1. The molecule has 96 valence electrons. The number of hydrogen-bond donors (Lipinski definition) is 2. The van der Waals surface area contributed by atoms with E-state index < -0.39 is 0 Å². The number of aliphatic hydroxyl groups is 1. The van der Waals surface area contributed by atoms with Gasteiger partial charge in [0.1, 0.15) is 5.82 Å². The van der Waals surface area contributed by atoms with Crippen molar-refractivity contribution in [3.8, 4) is 0 Å². The van der Waals surface area contributed by atoms with Crippen LogP contribution >= 0.6 is 11.8 Å². The van der Waals surface area contributed by atoms with Crippen LogP contribution in [0.25, 0.3) is 11.0 Å². The molecular formula is C13H17N3OS. The minimum absolute atomic E-state index is 0.139. The van der Waals surface area contributed by atoms with Gasteiger partial charge in [-0.2, -0.15) is 11.8 Å². The van der Waals surface area contributed by atoms with Gasteiger partial charge in [0.15, 0.2) is 0 Å². The summed E-state index contributed by atoms with van der Waals surface area (Å²) in [5.41, 5.74) is 1.76. The molecule has 2 aromatic rings. The van der Waals surface area contributed by atoms with Gasteiger partial charge in [0.2, 0.25) is 0 Å². The number of nitrogens with zero attached hydrogens (tertiary/aromatic N) is 2. The average molecular weight is 263 g/mol. The number of para-hydroxylation sites is 2. The first-order chi connectivity index (χ1) is 8.74. The number of aromatic nitrogens is 2. The van der Waals surface area contributed by atoms with Gasteiger partial charge in [0, 0.05) is 11.3 Å². The molecule has 0 amide bonds. The van der Waals surface area contributed by atoms with Crippen LogP contribution in [-0.2, 0) is 0 Å². The van der Waals surface area contributed by atoms with E-state index in [2.05, 4.69) is 15.3 Å². The van der Waals surface area contributed by atoms with Crippen LogP contribution in [0.1, 0.15) is 6.92 Å². The third-order valence-corrected chi connectivity index (χ3v) is 4.03. The standard InChI is InChI=1S/C13H17N3OS/c1-9(12(8-17)18-2)15-13-7-14-10-5-3-4-6-11(10)16-13/h3-7,9,12,17H,8H2,1-2H3,(H,15,16)/t9-,12+/m1/s1. The fraction of sp³-hybridized carbons (Fsp3) is 0.385. The fourth-order valence-corrected chi connectivity index (χ4v) is 2.42. The Hall–Kier alpha value is -1.33. The summed E-state index contributed by atoms with van der Waals surface area (Å²) in [6.45, 7) is 2.19. The van der Waals surface area contributed by atoms with Crippen LogP contribution in [0.2, 0.25) is 0 Å². The highest BCUT2D eigenvalue weighted by Gasteiger charge is 2.15. The average Bonchev–Trinajstić information content (AvgIpc) is 2.40. The van der Waals surface area contributed by atoms with Gasteiger partial charge in [-0.3, -0.25) is 4.98 Å². The van der Waals surface area contributed by atoms with Crippen molar-refractivity contribution in [1.82, 2.24) is 9.97 Å². The molecule has 0 spiro atoms. The van der Waals surface area contributed by atoms with Gasteiger partial charge >= 0.3 is 0 Å². The largest absolute Gasteiger partial charge is 0.395 e. The summed E-state index contributed by atoms with van der Waals surface area (Å²) >= 11 is 1.64. The lowest BCUT2D eigenvalue weighted by molar-refractivity contribution is 0.288. The quantitative estimate of drug-likeness (QED) is 0.865. The number of aliphatic hydroxyl groups excluding tert-OH is 1. The van der Waals surface area contributed by atoms with Crippen LogP contribution in [0.15, 0.2) is 30.5 Å². The predicted molar refractivity (Wildman–Crippen MR) is 77.0 cm³/mol. The Morgan fingerprint density at radius 2 is 2.06 bits per heavy atom. The van der Waals surface area contributed by atoms with Crippen molar-refractivity contribution < 1.29 is 5.11 Å². The Balaban J connectivity index is 2.16.